The molecule has 0 N–H and O–H groups in total. The molecule has 1 aromatic heterocycles. The van der Waals surface area contributed by atoms with Crippen molar-refractivity contribution >= 4 is 56.8 Å². The van der Waals surface area contributed by atoms with E-state index in [4.69, 9.17) is 4.98 Å². The van der Waals surface area contributed by atoms with Crippen molar-refractivity contribution in [2.24, 2.45) is 0 Å². The molecule has 0 aliphatic carbocycles. The Bertz CT molecular complexity index is 865. The number of anilines is 1. The Morgan fingerprint density at radius 2 is 1.78 bits per heavy atom. The van der Waals surface area contributed by atoms with Crippen LogP contribution in [0.15, 0.2) is 53.4 Å². The molecule has 1 heterocycles. The number of hydrogen-bond donors (Lipinski definition) is 0. The summed E-state index contributed by atoms with van der Waals surface area (Å²) in [6.45, 7) is 3.49. The molecular formula is C20H24ClN3OS2. The molecule has 3 aromatic rings. The smallest absolute Gasteiger partial charge is 0.261 e. The van der Waals surface area contributed by atoms with Crippen LogP contribution < -0.4 is 4.90 Å². The van der Waals surface area contributed by atoms with Crippen LogP contribution in [0.3, 0.4) is 0 Å². The first-order valence-electron chi connectivity index (χ1n) is 8.64. The van der Waals surface area contributed by atoms with Crippen LogP contribution in [0.1, 0.15) is 17.3 Å². The van der Waals surface area contributed by atoms with Gasteiger partial charge in [-0.1, -0.05) is 42.5 Å². The number of carbonyl (C=O) groups is 1. The second-order valence-electron chi connectivity index (χ2n) is 6.15. The second-order valence-corrected chi connectivity index (χ2v) is 8.47. The molecule has 0 radical (unpaired) electrons. The first-order chi connectivity index (χ1) is 12.6. The third-order valence-corrected chi connectivity index (χ3v) is 5.96. The predicted molar refractivity (Wildman–Crippen MR) is 120 cm³/mol. The lowest BCUT2D eigenvalue weighted by Gasteiger charge is -2.23. The van der Waals surface area contributed by atoms with Crippen molar-refractivity contribution in [1.82, 2.24) is 9.88 Å². The van der Waals surface area contributed by atoms with Gasteiger partial charge in [0, 0.05) is 18.0 Å². The van der Waals surface area contributed by atoms with Gasteiger partial charge < -0.3 is 4.90 Å². The van der Waals surface area contributed by atoms with Crippen molar-refractivity contribution in [3.05, 3.63) is 54.1 Å². The maximum atomic E-state index is 13.4. The van der Waals surface area contributed by atoms with Crippen molar-refractivity contribution < 1.29 is 4.79 Å². The van der Waals surface area contributed by atoms with E-state index >= 15 is 0 Å². The summed E-state index contributed by atoms with van der Waals surface area (Å²) < 4.78 is 1.10. The van der Waals surface area contributed by atoms with Gasteiger partial charge in [-0.2, -0.15) is 0 Å². The van der Waals surface area contributed by atoms with Crippen LogP contribution in [-0.4, -0.2) is 48.7 Å². The molecule has 0 bridgehead atoms. The number of amides is 1. The molecule has 0 aliphatic rings. The summed E-state index contributed by atoms with van der Waals surface area (Å²) in [7, 11) is 4.03. The van der Waals surface area contributed by atoms with Crippen LogP contribution in [0.4, 0.5) is 5.13 Å². The lowest BCUT2D eigenvalue weighted by atomic mass is 10.2. The number of likely N-dealkylation sites (N-methyl/N-ethyl adjacent to an activating group) is 1. The van der Waals surface area contributed by atoms with E-state index in [2.05, 4.69) is 11.8 Å². The third-order valence-electron chi connectivity index (χ3n) is 3.95. The highest BCUT2D eigenvalue weighted by molar-refractivity contribution is 7.99. The fourth-order valence-electron chi connectivity index (χ4n) is 2.63. The molecule has 0 fully saturated rings. The number of carbonyl (C=O) groups excluding carboxylic acids is 1. The monoisotopic (exact) mass is 421 g/mol. The van der Waals surface area contributed by atoms with E-state index in [-0.39, 0.29) is 18.3 Å². The van der Waals surface area contributed by atoms with Gasteiger partial charge in [0.15, 0.2) is 5.13 Å². The number of rotatable bonds is 7. The van der Waals surface area contributed by atoms with E-state index in [1.54, 1.807) is 23.1 Å². The van der Waals surface area contributed by atoms with E-state index in [0.29, 0.717) is 6.54 Å². The Labute approximate surface area is 175 Å². The van der Waals surface area contributed by atoms with Gasteiger partial charge in [-0.15, -0.1) is 24.2 Å². The molecule has 7 heteroatoms. The SMILES string of the molecule is CCSc1ccccc1C(=O)N(CCN(C)C)c1nc2ccccc2s1.Cl. The van der Waals surface area contributed by atoms with Gasteiger partial charge in [0.25, 0.3) is 5.91 Å². The third kappa shape index (κ3) is 5.23. The molecule has 0 saturated carbocycles. The Morgan fingerprint density at radius 1 is 1.07 bits per heavy atom. The van der Waals surface area contributed by atoms with Gasteiger partial charge in [-0.3, -0.25) is 9.69 Å². The summed E-state index contributed by atoms with van der Waals surface area (Å²) in [5.74, 6) is 0.950. The van der Waals surface area contributed by atoms with Gasteiger partial charge in [0.2, 0.25) is 0 Å². The Balaban J connectivity index is 0.00000261. The van der Waals surface area contributed by atoms with Gasteiger partial charge in [-0.25, -0.2) is 4.98 Å². The van der Waals surface area contributed by atoms with E-state index < -0.39 is 0 Å². The molecule has 0 unspecified atom stereocenters. The molecule has 144 valence electrons. The standard InChI is InChI=1S/C20H23N3OS2.ClH/c1-4-25-17-11-7-5-9-15(17)19(24)23(14-13-22(2)3)20-21-16-10-6-8-12-18(16)26-20;/h5-12H,4,13-14H2,1-3H3;1H. The average molecular weight is 422 g/mol. The minimum Gasteiger partial charge on any atom is -0.308 e. The van der Waals surface area contributed by atoms with Crippen LogP contribution in [0.5, 0.6) is 0 Å². The summed E-state index contributed by atoms with van der Waals surface area (Å²) >= 11 is 3.27. The number of thioether (sulfide) groups is 1. The number of nitrogens with zero attached hydrogens (tertiary/aromatic N) is 3. The number of hydrogen-bond acceptors (Lipinski definition) is 5. The maximum Gasteiger partial charge on any atom is 0.261 e. The molecule has 0 atom stereocenters. The molecule has 0 aliphatic heterocycles. The summed E-state index contributed by atoms with van der Waals surface area (Å²) in [6.07, 6.45) is 0. The summed E-state index contributed by atoms with van der Waals surface area (Å²) in [6, 6.07) is 15.9. The predicted octanol–water partition coefficient (Wildman–Crippen LogP) is 5.04. The van der Waals surface area contributed by atoms with Crippen LogP contribution in [0.2, 0.25) is 0 Å². The normalized spacial score (nSPS) is 10.8. The van der Waals surface area contributed by atoms with Crippen molar-refractivity contribution in [1.29, 1.82) is 0 Å². The topological polar surface area (TPSA) is 36.4 Å². The molecular weight excluding hydrogens is 398 g/mol. The molecule has 3 rings (SSSR count). The van der Waals surface area contributed by atoms with Gasteiger partial charge in [-0.05, 0) is 44.1 Å². The van der Waals surface area contributed by atoms with E-state index in [1.807, 2.05) is 67.5 Å². The molecule has 0 saturated heterocycles. The zero-order valence-corrected chi connectivity index (χ0v) is 18.2. The highest BCUT2D eigenvalue weighted by Crippen LogP contribution is 2.31. The van der Waals surface area contributed by atoms with Gasteiger partial charge in [0.05, 0.1) is 15.8 Å². The van der Waals surface area contributed by atoms with Crippen molar-refractivity contribution in [2.75, 3.05) is 37.8 Å². The fourth-order valence-corrected chi connectivity index (χ4v) is 4.42. The minimum absolute atomic E-state index is 0. The number of aromatic nitrogens is 1. The number of thiazole rings is 1. The zero-order chi connectivity index (χ0) is 18.5. The number of fused-ring (bicyclic) bond motifs is 1. The summed E-state index contributed by atoms with van der Waals surface area (Å²) in [5, 5.41) is 0.759. The lowest BCUT2D eigenvalue weighted by Crippen LogP contribution is -2.37. The van der Waals surface area contributed by atoms with E-state index in [1.165, 1.54) is 0 Å². The highest BCUT2D eigenvalue weighted by atomic mass is 35.5. The van der Waals surface area contributed by atoms with Crippen LogP contribution in [0.25, 0.3) is 10.2 Å². The van der Waals surface area contributed by atoms with Crippen molar-refractivity contribution in [3.63, 3.8) is 0 Å². The molecule has 1 amide bonds. The Kier molecular flexibility index (Phi) is 8.10. The summed E-state index contributed by atoms with van der Waals surface area (Å²) in [5.41, 5.74) is 1.68. The quantitative estimate of drug-likeness (QED) is 0.501. The number of halogens is 1. The average Bonchev–Trinajstić information content (AvgIpc) is 3.06. The lowest BCUT2D eigenvalue weighted by molar-refractivity contribution is 0.0982. The Hall–Kier alpha value is -1.60. The maximum absolute atomic E-state index is 13.4. The van der Waals surface area contributed by atoms with E-state index in [9.17, 15) is 4.79 Å². The molecule has 0 spiro atoms. The second kappa shape index (κ2) is 10.1. The molecule has 27 heavy (non-hydrogen) atoms. The van der Waals surface area contributed by atoms with Gasteiger partial charge in [0.1, 0.15) is 0 Å². The summed E-state index contributed by atoms with van der Waals surface area (Å²) in [4.78, 5) is 23.0. The van der Waals surface area contributed by atoms with Crippen molar-refractivity contribution in [2.45, 2.75) is 11.8 Å². The number of benzene rings is 2. The minimum atomic E-state index is 0. The van der Waals surface area contributed by atoms with Crippen LogP contribution in [0, 0.1) is 0 Å². The first kappa shape index (κ1) is 21.7. The fraction of sp³-hybridized carbons (Fsp3) is 0.300. The van der Waals surface area contributed by atoms with E-state index in [0.717, 1.165) is 38.1 Å². The zero-order valence-electron chi connectivity index (χ0n) is 15.7. The van der Waals surface area contributed by atoms with Gasteiger partial charge >= 0.3 is 0 Å². The van der Waals surface area contributed by atoms with Crippen LogP contribution >= 0.6 is 35.5 Å². The highest BCUT2D eigenvalue weighted by Gasteiger charge is 2.23. The largest absolute Gasteiger partial charge is 0.308 e. The first-order valence-corrected chi connectivity index (χ1v) is 10.4. The van der Waals surface area contributed by atoms with Crippen molar-refractivity contribution in [3.8, 4) is 0 Å². The number of para-hydroxylation sites is 1. The molecule has 2 aromatic carbocycles. The Morgan fingerprint density at radius 3 is 2.48 bits per heavy atom. The van der Waals surface area contributed by atoms with Crippen LogP contribution in [-0.2, 0) is 0 Å². The molecule has 4 nitrogen and oxygen atoms in total.